The Hall–Kier alpha value is -7.15. The molecule has 1 aliphatic rings. The van der Waals surface area contributed by atoms with Crippen LogP contribution in [0.1, 0.15) is 78.4 Å². The molecule has 8 atom stereocenters. The summed E-state index contributed by atoms with van der Waals surface area (Å²) < 4.78 is 10.7. The molecule has 3 aromatic rings. The van der Waals surface area contributed by atoms with Gasteiger partial charge in [0, 0.05) is 49.5 Å². The van der Waals surface area contributed by atoms with Gasteiger partial charge in [0.25, 0.3) is 0 Å². The molecule has 1 aromatic heterocycles. The van der Waals surface area contributed by atoms with E-state index in [0.29, 0.717) is 30.5 Å². The second-order valence-electron chi connectivity index (χ2n) is 19.4. The maximum Gasteiger partial charge on any atom is 0.326 e. The van der Waals surface area contributed by atoms with Gasteiger partial charge in [-0.2, -0.15) is 0 Å². The first-order valence-corrected chi connectivity index (χ1v) is 25.5. The van der Waals surface area contributed by atoms with Gasteiger partial charge >= 0.3 is 5.97 Å². The fourth-order valence-corrected chi connectivity index (χ4v) is 8.44. The molecule has 8 amide bonds. The van der Waals surface area contributed by atoms with Crippen molar-refractivity contribution in [2.45, 2.75) is 128 Å². The number of aromatic hydroxyl groups is 1. The Morgan fingerprint density at radius 1 is 0.724 bits per heavy atom. The van der Waals surface area contributed by atoms with E-state index in [4.69, 9.17) is 9.47 Å². The van der Waals surface area contributed by atoms with Gasteiger partial charge in [0.1, 0.15) is 54.6 Å². The molecule has 2 aromatic carbocycles. The molecule has 0 aliphatic carbocycles. The minimum Gasteiger partial charge on any atom is -0.508 e. The smallest absolute Gasteiger partial charge is 0.326 e. The number of hydrogen-bond acceptors (Lipinski definition) is 14. The Morgan fingerprint density at radius 3 is 2.01 bits per heavy atom. The predicted molar refractivity (Wildman–Crippen MR) is 276 cm³/mol. The second kappa shape index (κ2) is 30.4. The van der Waals surface area contributed by atoms with E-state index >= 15 is 0 Å². The molecular weight excluding hydrogens is 991 g/mol. The lowest BCUT2D eigenvalue weighted by Gasteiger charge is -2.31. The molecule has 12 N–H and O–H groups in total. The zero-order chi connectivity index (χ0) is 56.1. The Kier molecular flexibility index (Phi) is 24.6. The number of benzene rings is 2. The molecule has 0 unspecified atom stereocenters. The van der Waals surface area contributed by atoms with E-state index in [0.717, 1.165) is 15.8 Å². The highest BCUT2D eigenvalue weighted by Crippen LogP contribution is 2.22. The minimum atomic E-state index is -1.63. The van der Waals surface area contributed by atoms with Gasteiger partial charge in [0.2, 0.25) is 47.3 Å². The summed E-state index contributed by atoms with van der Waals surface area (Å²) in [6.07, 6.45) is 0.884. The number of likely N-dealkylation sites (tertiary alicyclic amines) is 1. The molecule has 0 saturated carbocycles. The third-order valence-corrected chi connectivity index (χ3v) is 12.5. The number of rotatable bonds is 31. The average Bonchev–Trinajstić information content (AvgIpc) is 4.04. The van der Waals surface area contributed by atoms with Crippen molar-refractivity contribution in [2.24, 2.45) is 11.8 Å². The van der Waals surface area contributed by atoms with Crippen LogP contribution in [0.15, 0.2) is 54.7 Å². The van der Waals surface area contributed by atoms with E-state index < -0.39 is 115 Å². The van der Waals surface area contributed by atoms with E-state index in [1.54, 1.807) is 33.0 Å². The van der Waals surface area contributed by atoms with Crippen molar-refractivity contribution in [1.82, 2.24) is 47.1 Å². The van der Waals surface area contributed by atoms with Crippen LogP contribution < -0.4 is 37.2 Å². The Labute approximate surface area is 441 Å². The van der Waals surface area contributed by atoms with Crippen LogP contribution in [-0.2, 0) is 65.5 Å². The number of carboxylic acids is 1. The number of aromatic nitrogens is 1. The van der Waals surface area contributed by atoms with E-state index in [9.17, 15) is 63.6 Å². The van der Waals surface area contributed by atoms with Crippen molar-refractivity contribution >= 4 is 64.1 Å². The van der Waals surface area contributed by atoms with Gasteiger partial charge in [-0.25, -0.2) is 4.79 Å². The highest BCUT2D eigenvalue weighted by molar-refractivity contribution is 5.98. The number of carbonyl (C=O) groups is 9. The number of phenols is 1. The lowest BCUT2D eigenvalue weighted by Crippen LogP contribution is -2.62. The van der Waals surface area contributed by atoms with Crippen LogP contribution in [0.2, 0.25) is 0 Å². The summed E-state index contributed by atoms with van der Waals surface area (Å²) in [6.45, 7) is 9.20. The third-order valence-electron chi connectivity index (χ3n) is 12.5. The highest BCUT2D eigenvalue weighted by atomic mass is 16.5. The first kappa shape index (κ1) is 61.4. The van der Waals surface area contributed by atoms with Crippen molar-refractivity contribution < 1.29 is 73.1 Å². The number of aromatic amines is 1. The van der Waals surface area contributed by atoms with Crippen LogP contribution in [0.4, 0.5) is 0 Å². The number of carbonyl (C=O) groups excluding carboxylic acids is 8. The number of hydrogen-bond donors (Lipinski definition) is 12. The van der Waals surface area contributed by atoms with Gasteiger partial charge in [-0.1, -0.05) is 65.0 Å². The zero-order valence-electron chi connectivity index (χ0n) is 43.9. The number of amides is 8. The average molecular weight is 1070 g/mol. The maximum atomic E-state index is 14.2. The van der Waals surface area contributed by atoms with Crippen molar-refractivity contribution in [3.05, 3.63) is 65.9 Å². The maximum absolute atomic E-state index is 14.2. The summed E-state index contributed by atoms with van der Waals surface area (Å²) in [4.78, 5) is 125. The number of nitrogens with one attached hydrogen (secondary N) is 8. The first-order valence-electron chi connectivity index (χ1n) is 25.5. The highest BCUT2D eigenvalue weighted by Gasteiger charge is 2.41. The lowest BCUT2D eigenvalue weighted by atomic mass is 10.0. The molecule has 418 valence electrons. The second-order valence-corrected chi connectivity index (χ2v) is 19.4. The van der Waals surface area contributed by atoms with E-state index in [1.165, 1.54) is 31.2 Å². The number of aliphatic hydroxyl groups is 2. The van der Waals surface area contributed by atoms with Gasteiger partial charge < -0.3 is 77.0 Å². The number of aliphatic hydroxyl groups excluding tert-OH is 2. The Morgan fingerprint density at radius 2 is 1.37 bits per heavy atom. The largest absolute Gasteiger partial charge is 0.508 e. The number of para-hydroxylation sites is 1. The van der Waals surface area contributed by atoms with Crippen LogP contribution in [-0.4, -0.2) is 178 Å². The number of ether oxygens (including phenoxy) is 2. The molecule has 76 heavy (non-hydrogen) atoms. The topological polar surface area (TPSA) is 356 Å². The number of H-pyrrole nitrogens is 1. The molecule has 1 fully saturated rings. The van der Waals surface area contributed by atoms with Crippen LogP contribution in [0.3, 0.4) is 0 Å². The zero-order valence-corrected chi connectivity index (χ0v) is 43.9. The fourth-order valence-electron chi connectivity index (χ4n) is 8.44. The van der Waals surface area contributed by atoms with Crippen molar-refractivity contribution in [3.8, 4) is 5.75 Å². The predicted octanol–water partition coefficient (Wildman–Crippen LogP) is -0.722. The monoisotopic (exact) mass is 1070 g/mol. The van der Waals surface area contributed by atoms with Crippen LogP contribution in [0.5, 0.6) is 5.75 Å². The summed E-state index contributed by atoms with van der Waals surface area (Å²) in [6, 6.07) is 3.28. The number of fused-ring (bicyclic) bond motifs is 1. The summed E-state index contributed by atoms with van der Waals surface area (Å²) in [5.74, 6) is -8.02. The van der Waals surface area contributed by atoms with Crippen molar-refractivity contribution in [3.63, 3.8) is 0 Å². The van der Waals surface area contributed by atoms with Crippen LogP contribution >= 0.6 is 0 Å². The molecule has 24 heteroatoms. The van der Waals surface area contributed by atoms with Gasteiger partial charge in [0.05, 0.1) is 32.5 Å². The minimum absolute atomic E-state index is 0.0266. The van der Waals surface area contributed by atoms with Gasteiger partial charge in [0.15, 0.2) is 0 Å². The third kappa shape index (κ3) is 18.9. The fraction of sp³-hybridized carbons (Fsp3) is 0.558. The molecule has 0 spiro atoms. The molecule has 1 aliphatic heterocycles. The Balaban J connectivity index is 1.41. The van der Waals surface area contributed by atoms with Gasteiger partial charge in [-0.3, -0.25) is 38.4 Å². The number of nitrogens with zero attached hydrogens (tertiary/aromatic N) is 1. The summed E-state index contributed by atoms with van der Waals surface area (Å²) in [5, 5.41) is 59.7. The standard InChI is InChI=1S/C52H75N9O15/c1-7-42(65)53-18-20-75-21-22-76-28-43(66)55-37(23-29(2)3)47(68)60-45(31(6)63)50(71)59-44(30(4)5)49(70)58-40(27-62)51(72)61-19-10-13-41(61)48(69)56-38(25-33-26-54-36-12-9-8-11-35(33)36)46(67)57-39(52(73)74)24-32-14-16-34(64)17-15-32/h8-9,11-12,14-17,26,29-31,37-41,44-45,54,62-64H,7,10,13,18-25,27-28H2,1-6H3,(H,53,65)(H,55,66)(H,56,69)(H,57,67)(H,58,70)(H,59,71)(H,60,68)(H,73,74)/t31-,37+,38+,39+,40+,41+,44+,45+/m1/s1. The quantitative estimate of drug-likeness (QED) is 0.0354. The molecule has 24 nitrogen and oxygen atoms in total. The molecule has 4 rings (SSSR count). The Bertz CT molecular complexity index is 2450. The van der Waals surface area contributed by atoms with Crippen molar-refractivity contribution in [1.29, 1.82) is 0 Å². The van der Waals surface area contributed by atoms with E-state index in [-0.39, 0.29) is 69.6 Å². The van der Waals surface area contributed by atoms with Crippen LogP contribution in [0.25, 0.3) is 10.9 Å². The summed E-state index contributed by atoms with van der Waals surface area (Å²) in [7, 11) is 0. The van der Waals surface area contributed by atoms with Crippen molar-refractivity contribution in [2.75, 3.05) is 46.1 Å². The van der Waals surface area contributed by atoms with Gasteiger partial charge in [-0.05, 0) is 67.3 Å². The molecule has 0 bridgehead atoms. The molecule has 1 saturated heterocycles. The molecular formula is C52H75N9O15. The number of phenolic OH excluding ortho intramolecular Hbond substituents is 1. The van der Waals surface area contributed by atoms with E-state index in [2.05, 4.69) is 42.2 Å². The SMILES string of the molecule is CCC(=O)NCCOCCOCC(=O)N[C@@H](CC(C)C)C(=O)N[C@H](C(=O)N[C@H](C(=O)N[C@@H](CO)C(=O)N1CCC[C@H]1C(=O)N[C@@H](Cc1c[nH]c2ccccc12)C(=O)N[C@@H](Cc1ccc(O)cc1)C(=O)O)C(C)C)[C@@H](C)O. The molecule has 2 heterocycles. The lowest BCUT2D eigenvalue weighted by molar-refractivity contribution is -0.144. The normalized spacial score (nSPS) is 16.1. The van der Waals surface area contributed by atoms with Crippen LogP contribution in [0, 0.1) is 11.8 Å². The number of carboxylic acid groups (broad SMARTS) is 1. The summed E-state index contributed by atoms with van der Waals surface area (Å²) >= 11 is 0. The summed E-state index contributed by atoms with van der Waals surface area (Å²) in [5.41, 5.74) is 1.89. The first-order chi connectivity index (χ1) is 36.1. The molecule has 0 radical (unpaired) electrons. The van der Waals surface area contributed by atoms with Gasteiger partial charge in [-0.15, -0.1) is 0 Å². The van der Waals surface area contributed by atoms with E-state index in [1.807, 2.05) is 32.0 Å². The number of aliphatic carboxylic acids is 1.